The molecule has 0 saturated carbocycles. The number of hydrogen-bond acceptors (Lipinski definition) is 5. The summed E-state index contributed by atoms with van der Waals surface area (Å²) in [6.45, 7) is 4.81. The van der Waals surface area contributed by atoms with Gasteiger partial charge in [0, 0.05) is 12.6 Å². The number of nitrogens with zero attached hydrogens (tertiary/aromatic N) is 2. The van der Waals surface area contributed by atoms with Gasteiger partial charge in [-0.3, -0.25) is 4.79 Å². The van der Waals surface area contributed by atoms with Gasteiger partial charge >= 0.3 is 0 Å². The quantitative estimate of drug-likeness (QED) is 0.825. The number of rotatable bonds is 5. The normalized spacial score (nSPS) is 17.2. The van der Waals surface area contributed by atoms with E-state index in [0.29, 0.717) is 23.6 Å². The van der Waals surface area contributed by atoms with Crippen LogP contribution < -0.4 is 9.47 Å². The summed E-state index contributed by atoms with van der Waals surface area (Å²) in [6.07, 6.45) is 1.78. The summed E-state index contributed by atoms with van der Waals surface area (Å²) in [5.41, 5.74) is 1.35. The maximum Gasteiger partial charge on any atom is 0.262 e. The third-order valence-corrected chi connectivity index (χ3v) is 4.62. The van der Waals surface area contributed by atoms with Gasteiger partial charge in [0.05, 0.1) is 26.0 Å². The standard InChI is InChI=1S/C19H24N2O4/c1-12(2)13-11-17(25-20-13)14-7-6-10-21(14)19(22)18-15(23-3)8-5-9-16(18)24-4/h5,8-9,11-12,14H,6-7,10H2,1-4H3/t14-/m1/s1. The van der Waals surface area contributed by atoms with Gasteiger partial charge in [0.15, 0.2) is 5.76 Å². The van der Waals surface area contributed by atoms with Crippen molar-refractivity contribution in [3.05, 3.63) is 41.3 Å². The van der Waals surface area contributed by atoms with Gasteiger partial charge in [0.2, 0.25) is 0 Å². The summed E-state index contributed by atoms with van der Waals surface area (Å²) < 4.78 is 16.3. The number of methoxy groups -OCH3 is 2. The zero-order valence-corrected chi connectivity index (χ0v) is 15.1. The lowest BCUT2D eigenvalue weighted by Crippen LogP contribution is -2.31. The van der Waals surface area contributed by atoms with Crippen LogP contribution in [0.15, 0.2) is 28.8 Å². The van der Waals surface area contributed by atoms with Gasteiger partial charge in [-0.2, -0.15) is 0 Å². The maximum atomic E-state index is 13.2. The molecule has 6 nitrogen and oxygen atoms in total. The first-order valence-electron chi connectivity index (χ1n) is 8.55. The van der Waals surface area contributed by atoms with Gasteiger partial charge in [-0.05, 0) is 30.9 Å². The molecule has 0 bridgehead atoms. The minimum absolute atomic E-state index is 0.109. The molecule has 0 N–H and O–H groups in total. The van der Waals surface area contributed by atoms with Crippen molar-refractivity contribution in [2.24, 2.45) is 0 Å². The third kappa shape index (κ3) is 3.21. The van der Waals surface area contributed by atoms with Gasteiger partial charge < -0.3 is 18.9 Å². The average molecular weight is 344 g/mol. The molecule has 1 aromatic heterocycles. The van der Waals surface area contributed by atoms with Crippen LogP contribution in [0, 0.1) is 0 Å². The Hall–Kier alpha value is -2.50. The molecule has 25 heavy (non-hydrogen) atoms. The molecule has 1 saturated heterocycles. The van der Waals surface area contributed by atoms with Gasteiger partial charge in [0.1, 0.15) is 17.1 Å². The Morgan fingerprint density at radius 2 is 1.96 bits per heavy atom. The van der Waals surface area contributed by atoms with Crippen LogP contribution >= 0.6 is 0 Å². The van der Waals surface area contributed by atoms with Crippen LogP contribution in [-0.4, -0.2) is 36.7 Å². The Morgan fingerprint density at radius 3 is 2.52 bits per heavy atom. The fourth-order valence-electron chi connectivity index (χ4n) is 3.24. The molecule has 1 fully saturated rings. The fraction of sp³-hybridized carbons (Fsp3) is 0.474. The molecule has 134 valence electrons. The van der Waals surface area contributed by atoms with E-state index in [9.17, 15) is 4.79 Å². The summed E-state index contributed by atoms with van der Waals surface area (Å²) in [5.74, 6) is 1.94. The zero-order valence-electron chi connectivity index (χ0n) is 15.1. The Kier molecular flexibility index (Phi) is 4.97. The van der Waals surface area contributed by atoms with Crippen LogP contribution in [0.5, 0.6) is 11.5 Å². The largest absolute Gasteiger partial charge is 0.496 e. The number of benzene rings is 1. The minimum atomic E-state index is -0.112. The first-order valence-corrected chi connectivity index (χ1v) is 8.55. The van der Waals surface area contributed by atoms with Crippen LogP contribution in [0.2, 0.25) is 0 Å². The number of hydrogen-bond donors (Lipinski definition) is 0. The molecule has 1 amide bonds. The highest BCUT2D eigenvalue weighted by molar-refractivity contribution is 6.00. The van der Waals surface area contributed by atoms with Crippen molar-refractivity contribution in [2.75, 3.05) is 20.8 Å². The molecule has 0 radical (unpaired) electrons. The van der Waals surface area contributed by atoms with E-state index < -0.39 is 0 Å². The number of carbonyl (C=O) groups is 1. The highest BCUT2D eigenvalue weighted by atomic mass is 16.5. The van der Waals surface area contributed by atoms with Gasteiger partial charge in [-0.25, -0.2) is 0 Å². The predicted octanol–water partition coefficient (Wildman–Crippen LogP) is 3.79. The number of likely N-dealkylation sites (tertiary alicyclic amines) is 1. The second-order valence-corrected chi connectivity index (χ2v) is 6.50. The second-order valence-electron chi connectivity index (χ2n) is 6.50. The van der Waals surface area contributed by atoms with Crippen molar-refractivity contribution in [1.29, 1.82) is 0 Å². The molecule has 1 atom stereocenters. The molecular weight excluding hydrogens is 320 g/mol. The molecule has 1 aromatic carbocycles. The number of aromatic nitrogens is 1. The average Bonchev–Trinajstić information content (AvgIpc) is 3.28. The van der Waals surface area contributed by atoms with Crippen molar-refractivity contribution in [2.45, 2.75) is 38.6 Å². The van der Waals surface area contributed by atoms with E-state index >= 15 is 0 Å². The van der Waals surface area contributed by atoms with Crippen LogP contribution in [0.4, 0.5) is 0 Å². The van der Waals surface area contributed by atoms with Crippen LogP contribution in [-0.2, 0) is 0 Å². The lowest BCUT2D eigenvalue weighted by Gasteiger charge is -2.24. The van der Waals surface area contributed by atoms with Gasteiger partial charge in [-0.1, -0.05) is 25.1 Å². The monoisotopic (exact) mass is 344 g/mol. The Balaban J connectivity index is 1.93. The van der Waals surface area contributed by atoms with Crippen LogP contribution in [0.25, 0.3) is 0 Å². The highest BCUT2D eigenvalue weighted by Gasteiger charge is 2.35. The zero-order chi connectivity index (χ0) is 18.0. The van der Waals surface area contributed by atoms with E-state index in [1.54, 1.807) is 32.4 Å². The van der Waals surface area contributed by atoms with E-state index in [4.69, 9.17) is 14.0 Å². The summed E-state index contributed by atoms with van der Waals surface area (Å²) in [7, 11) is 3.11. The van der Waals surface area contributed by atoms with E-state index in [1.807, 2.05) is 11.0 Å². The Morgan fingerprint density at radius 1 is 1.28 bits per heavy atom. The summed E-state index contributed by atoms with van der Waals surface area (Å²) in [6, 6.07) is 7.20. The Labute approximate surface area is 147 Å². The molecule has 3 rings (SSSR count). The Bertz CT molecular complexity index is 731. The molecule has 2 heterocycles. The second kappa shape index (κ2) is 7.17. The maximum absolute atomic E-state index is 13.2. The number of carbonyl (C=O) groups excluding carboxylic acids is 1. The minimum Gasteiger partial charge on any atom is -0.496 e. The van der Waals surface area contributed by atoms with Gasteiger partial charge in [-0.15, -0.1) is 0 Å². The molecule has 6 heteroatoms. The summed E-state index contributed by atoms with van der Waals surface area (Å²) in [4.78, 5) is 15.1. The molecule has 0 unspecified atom stereocenters. The van der Waals surface area contributed by atoms with Crippen LogP contribution in [0.3, 0.4) is 0 Å². The lowest BCUT2D eigenvalue weighted by atomic mass is 10.1. The van der Waals surface area contributed by atoms with E-state index in [0.717, 1.165) is 24.3 Å². The van der Waals surface area contributed by atoms with Crippen molar-refractivity contribution >= 4 is 5.91 Å². The van der Waals surface area contributed by atoms with E-state index in [2.05, 4.69) is 19.0 Å². The van der Waals surface area contributed by atoms with E-state index in [1.165, 1.54) is 0 Å². The fourth-order valence-corrected chi connectivity index (χ4v) is 3.24. The van der Waals surface area contributed by atoms with Crippen molar-refractivity contribution < 1.29 is 18.8 Å². The number of amides is 1. The van der Waals surface area contributed by atoms with Crippen LogP contribution in [0.1, 0.15) is 60.5 Å². The topological polar surface area (TPSA) is 64.8 Å². The van der Waals surface area contributed by atoms with Crippen molar-refractivity contribution in [3.8, 4) is 11.5 Å². The molecular formula is C19H24N2O4. The SMILES string of the molecule is COc1cccc(OC)c1C(=O)N1CCC[C@@H]1c1cc(C(C)C)no1. The van der Waals surface area contributed by atoms with Gasteiger partial charge in [0.25, 0.3) is 5.91 Å². The molecule has 2 aromatic rings. The van der Waals surface area contributed by atoms with E-state index in [-0.39, 0.29) is 17.9 Å². The first-order chi connectivity index (χ1) is 12.1. The molecule has 0 spiro atoms. The first kappa shape index (κ1) is 17.3. The van der Waals surface area contributed by atoms with Crippen molar-refractivity contribution in [1.82, 2.24) is 10.1 Å². The molecule has 1 aliphatic rings. The lowest BCUT2D eigenvalue weighted by molar-refractivity contribution is 0.0707. The van der Waals surface area contributed by atoms with Crippen molar-refractivity contribution in [3.63, 3.8) is 0 Å². The predicted molar refractivity (Wildman–Crippen MR) is 93.1 cm³/mol. The molecule has 1 aliphatic heterocycles. The summed E-state index contributed by atoms with van der Waals surface area (Å²) in [5, 5.41) is 4.13. The smallest absolute Gasteiger partial charge is 0.262 e. The summed E-state index contributed by atoms with van der Waals surface area (Å²) >= 11 is 0. The highest BCUT2D eigenvalue weighted by Crippen LogP contribution is 2.37. The molecule has 0 aliphatic carbocycles. The number of ether oxygens (including phenoxy) is 2. The third-order valence-electron chi connectivity index (χ3n) is 4.62.